The van der Waals surface area contributed by atoms with Crippen LogP contribution in [0.3, 0.4) is 0 Å². The molecule has 0 fully saturated rings. The van der Waals surface area contributed by atoms with Gasteiger partial charge in [0.2, 0.25) is 0 Å². The smallest absolute Gasteiger partial charge is 0.251 e. The van der Waals surface area contributed by atoms with Crippen molar-refractivity contribution in [1.29, 1.82) is 0 Å². The SMILES string of the molecule is CNC(=O)C1=C(C)NC(=S)NC1c1cccc(OC)c1OC. The Kier molecular flexibility index (Phi) is 4.87. The van der Waals surface area contributed by atoms with E-state index in [-0.39, 0.29) is 5.91 Å². The van der Waals surface area contributed by atoms with E-state index in [4.69, 9.17) is 21.7 Å². The lowest BCUT2D eigenvalue weighted by molar-refractivity contribution is -0.117. The molecule has 1 aliphatic rings. The van der Waals surface area contributed by atoms with Gasteiger partial charge in [-0.3, -0.25) is 4.79 Å². The topological polar surface area (TPSA) is 71.6 Å². The Morgan fingerprint density at radius 3 is 2.64 bits per heavy atom. The third-order valence-electron chi connectivity index (χ3n) is 3.49. The van der Waals surface area contributed by atoms with Crippen LogP contribution in [0.1, 0.15) is 18.5 Å². The van der Waals surface area contributed by atoms with Crippen molar-refractivity contribution in [3.05, 3.63) is 35.0 Å². The number of carbonyl (C=O) groups is 1. The summed E-state index contributed by atoms with van der Waals surface area (Å²) in [4.78, 5) is 12.3. The van der Waals surface area contributed by atoms with Gasteiger partial charge in [0.25, 0.3) is 5.91 Å². The zero-order valence-electron chi connectivity index (χ0n) is 12.9. The molecule has 0 saturated heterocycles. The molecule has 118 valence electrons. The maximum absolute atomic E-state index is 12.3. The molecule has 0 aromatic heterocycles. The maximum atomic E-state index is 12.3. The first-order chi connectivity index (χ1) is 10.5. The Balaban J connectivity index is 2.60. The zero-order chi connectivity index (χ0) is 16.3. The summed E-state index contributed by atoms with van der Waals surface area (Å²) in [7, 11) is 4.73. The summed E-state index contributed by atoms with van der Waals surface area (Å²) in [5.74, 6) is 0.983. The number of nitrogens with one attached hydrogen (secondary N) is 3. The molecule has 0 saturated carbocycles. The van der Waals surface area contributed by atoms with Crippen molar-refractivity contribution in [3.8, 4) is 11.5 Å². The summed E-state index contributed by atoms with van der Waals surface area (Å²) in [6.45, 7) is 1.82. The molecule has 1 unspecified atom stereocenters. The fourth-order valence-electron chi connectivity index (χ4n) is 2.50. The molecule has 1 heterocycles. The lowest BCUT2D eigenvalue weighted by Gasteiger charge is -2.31. The number of para-hydroxylation sites is 1. The lowest BCUT2D eigenvalue weighted by atomic mass is 9.94. The highest BCUT2D eigenvalue weighted by Gasteiger charge is 2.32. The summed E-state index contributed by atoms with van der Waals surface area (Å²) in [5.41, 5.74) is 2.05. The molecule has 2 rings (SSSR count). The molecule has 0 radical (unpaired) electrons. The van der Waals surface area contributed by atoms with Gasteiger partial charge < -0.3 is 25.4 Å². The second kappa shape index (κ2) is 6.65. The minimum atomic E-state index is -0.418. The monoisotopic (exact) mass is 321 g/mol. The molecular formula is C15H19N3O3S. The van der Waals surface area contributed by atoms with Crippen molar-refractivity contribution in [2.75, 3.05) is 21.3 Å². The van der Waals surface area contributed by atoms with Crippen LogP contribution in [0.15, 0.2) is 29.5 Å². The summed E-state index contributed by atoms with van der Waals surface area (Å²) >= 11 is 5.22. The van der Waals surface area contributed by atoms with Crippen LogP contribution in [0.4, 0.5) is 0 Å². The van der Waals surface area contributed by atoms with E-state index in [1.54, 1.807) is 27.3 Å². The number of rotatable bonds is 4. The van der Waals surface area contributed by atoms with Gasteiger partial charge in [0.1, 0.15) is 0 Å². The number of methoxy groups -OCH3 is 2. The molecule has 22 heavy (non-hydrogen) atoms. The standard InChI is InChI=1S/C15H19N3O3S/c1-8-11(14(19)16-2)12(18-15(22)17-8)9-6-5-7-10(20-3)13(9)21-4/h5-7,12H,1-4H3,(H,16,19)(H2,17,18,22). The van der Waals surface area contributed by atoms with E-state index >= 15 is 0 Å². The van der Waals surface area contributed by atoms with Crippen molar-refractivity contribution < 1.29 is 14.3 Å². The van der Waals surface area contributed by atoms with Crippen molar-refractivity contribution >= 4 is 23.2 Å². The fraction of sp³-hybridized carbons (Fsp3) is 0.333. The van der Waals surface area contributed by atoms with Gasteiger partial charge >= 0.3 is 0 Å². The van der Waals surface area contributed by atoms with Gasteiger partial charge in [-0.2, -0.15) is 0 Å². The molecule has 1 aromatic carbocycles. The van der Waals surface area contributed by atoms with E-state index < -0.39 is 6.04 Å². The van der Waals surface area contributed by atoms with Gasteiger partial charge in [0.05, 0.1) is 25.8 Å². The van der Waals surface area contributed by atoms with Crippen LogP contribution in [0.25, 0.3) is 0 Å². The third-order valence-corrected chi connectivity index (χ3v) is 3.71. The first kappa shape index (κ1) is 16.1. The molecule has 0 spiro atoms. The van der Waals surface area contributed by atoms with Gasteiger partial charge in [-0.25, -0.2) is 0 Å². The van der Waals surface area contributed by atoms with Gasteiger partial charge in [0, 0.05) is 18.3 Å². The second-order valence-electron chi connectivity index (χ2n) is 4.73. The highest BCUT2D eigenvalue weighted by molar-refractivity contribution is 7.80. The van der Waals surface area contributed by atoms with Crippen LogP contribution < -0.4 is 25.4 Å². The number of carbonyl (C=O) groups excluding carboxylic acids is 1. The van der Waals surface area contributed by atoms with Crippen LogP contribution >= 0.6 is 12.2 Å². The Labute approximate surface area is 134 Å². The quantitative estimate of drug-likeness (QED) is 0.725. The predicted molar refractivity (Wildman–Crippen MR) is 87.9 cm³/mol. The first-order valence-electron chi connectivity index (χ1n) is 6.74. The average molecular weight is 321 g/mol. The highest BCUT2D eigenvalue weighted by Crippen LogP contribution is 2.38. The van der Waals surface area contributed by atoms with Crippen molar-refractivity contribution in [2.45, 2.75) is 13.0 Å². The Morgan fingerprint density at radius 1 is 1.32 bits per heavy atom. The van der Waals surface area contributed by atoms with Gasteiger partial charge in [-0.15, -0.1) is 0 Å². The fourth-order valence-corrected chi connectivity index (χ4v) is 2.77. The lowest BCUT2D eigenvalue weighted by Crippen LogP contribution is -2.46. The van der Waals surface area contributed by atoms with Crippen LogP contribution in [0, 0.1) is 0 Å². The normalized spacial score (nSPS) is 17.5. The second-order valence-corrected chi connectivity index (χ2v) is 5.14. The Bertz CT molecular complexity index is 643. The van der Waals surface area contributed by atoms with E-state index in [1.165, 1.54) is 0 Å². The minimum Gasteiger partial charge on any atom is -0.493 e. The predicted octanol–water partition coefficient (Wildman–Crippen LogP) is 1.24. The van der Waals surface area contributed by atoms with Gasteiger partial charge in [-0.05, 0) is 25.2 Å². The number of ether oxygens (including phenoxy) is 2. The van der Waals surface area contributed by atoms with Crippen LogP contribution in [0.2, 0.25) is 0 Å². The van der Waals surface area contributed by atoms with Gasteiger partial charge in [-0.1, -0.05) is 12.1 Å². The molecule has 1 atom stereocenters. The molecule has 1 amide bonds. The number of allylic oxidation sites excluding steroid dienone is 1. The van der Waals surface area contributed by atoms with Crippen molar-refractivity contribution in [3.63, 3.8) is 0 Å². The number of likely N-dealkylation sites (N-methyl/N-ethyl adjacent to an activating group) is 1. The number of hydrogen-bond donors (Lipinski definition) is 3. The summed E-state index contributed by atoms with van der Waals surface area (Å²) in [5, 5.41) is 9.21. The van der Waals surface area contributed by atoms with E-state index in [0.717, 1.165) is 5.56 Å². The Hall–Kier alpha value is -2.28. The molecule has 1 aliphatic heterocycles. The number of thiocarbonyl (C=S) groups is 1. The van der Waals surface area contributed by atoms with E-state index in [0.29, 0.717) is 27.9 Å². The molecular weight excluding hydrogens is 302 g/mol. The molecule has 6 nitrogen and oxygen atoms in total. The van der Waals surface area contributed by atoms with Crippen molar-refractivity contribution in [2.24, 2.45) is 0 Å². The molecule has 3 N–H and O–H groups in total. The first-order valence-corrected chi connectivity index (χ1v) is 7.15. The molecule has 0 bridgehead atoms. The largest absolute Gasteiger partial charge is 0.493 e. The molecule has 0 aliphatic carbocycles. The number of hydrogen-bond acceptors (Lipinski definition) is 4. The van der Waals surface area contributed by atoms with E-state index in [2.05, 4.69) is 16.0 Å². The van der Waals surface area contributed by atoms with E-state index in [1.807, 2.05) is 19.1 Å². The summed E-state index contributed by atoms with van der Waals surface area (Å²) < 4.78 is 10.8. The summed E-state index contributed by atoms with van der Waals surface area (Å²) in [6.07, 6.45) is 0. The third kappa shape index (κ3) is 2.85. The molecule has 7 heteroatoms. The highest BCUT2D eigenvalue weighted by atomic mass is 32.1. The number of amides is 1. The maximum Gasteiger partial charge on any atom is 0.251 e. The van der Waals surface area contributed by atoms with E-state index in [9.17, 15) is 4.79 Å². The average Bonchev–Trinajstić information content (AvgIpc) is 2.52. The van der Waals surface area contributed by atoms with Gasteiger partial charge in [0.15, 0.2) is 16.6 Å². The Morgan fingerprint density at radius 2 is 2.05 bits per heavy atom. The summed E-state index contributed by atoms with van der Waals surface area (Å²) in [6, 6.07) is 5.11. The van der Waals surface area contributed by atoms with Crippen LogP contribution in [0.5, 0.6) is 11.5 Å². The van der Waals surface area contributed by atoms with Crippen LogP contribution in [-0.4, -0.2) is 32.3 Å². The van der Waals surface area contributed by atoms with Crippen molar-refractivity contribution in [1.82, 2.24) is 16.0 Å². The minimum absolute atomic E-state index is 0.185. The zero-order valence-corrected chi connectivity index (χ0v) is 13.8. The van der Waals surface area contributed by atoms with Crippen LogP contribution in [-0.2, 0) is 4.79 Å². The number of benzene rings is 1. The molecule has 1 aromatic rings.